The first-order valence-electron chi connectivity index (χ1n) is 11.3. The first-order valence-corrected chi connectivity index (χ1v) is 11.3. The van der Waals surface area contributed by atoms with Crippen LogP contribution in [0.3, 0.4) is 0 Å². The van der Waals surface area contributed by atoms with E-state index in [4.69, 9.17) is 4.42 Å². The van der Waals surface area contributed by atoms with Crippen molar-refractivity contribution in [2.75, 3.05) is 38.5 Å². The molecule has 2 aliphatic heterocycles. The third-order valence-electron chi connectivity index (χ3n) is 6.95. The smallest absolute Gasteiger partial charge is 0.181 e. The van der Waals surface area contributed by atoms with Crippen LogP contribution in [0, 0.1) is 5.92 Å². The third-order valence-corrected chi connectivity index (χ3v) is 6.95. The maximum absolute atomic E-state index is 5.44. The number of benzene rings is 1. The fraction of sp³-hybridized carbons (Fsp3) is 0.440. The lowest BCUT2D eigenvalue weighted by molar-refractivity contribution is 0.0914. The van der Waals surface area contributed by atoms with Crippen LogP contribution in [0.5, 0.6) is 0 Å². The predicted molar refractivity (Wildman–Crippen MR) is 125 cm³/mol. The lowest BCUT2D eigenvalue weighted by atomic mass is 9.91. The fourth-order valence-electron chi connectivity index (χ4n) is 4.96. The van der Waals surface area contributed by atoms with Crippen molar-refractivity contribution in [3.05, 3.63) is 55.3 Å². The number of nitrogens with zero attached hydrogens (tertiary/aromatic N) is 4. The zero-order chi connectivity index (χ0) is 21.2. The van der Waals surface area contributed by atoms with Crippen LogP contribution < -0.4 is 5.32 Å². The number of oxazole rings is 1. The van der Waals surface area contributed by atoms with Crippen molar-refractivity contribution in [3.63, 3.8) is 0 Å². The van der Waals surface area contributed by atoms with Gasteiger partial charge in [0.25, 0.3) is 0 Å². The summed E-state index contributed by atoms with van der Waals surface area (Å²) in [5.41, 5.74) is 2.10. The predicted octanol–water partition coefficient (Wildman–Crippen LogP) is 4.62. The second-order valence-electron chi connectivity index (χ2n) is 8.99. The van der Waals surface area contributed by atoms with E-state index in [1.165, 1.54) is 58.3 Å². The van der Waals surface area contributed by atoms with E-state index in [0.29, 0.717) is 5.92 Å². The minimum absolute atomic E-state index is 0.500. The summed E-state index contributed by atoms with van der Waals surface area (Å²) >= 11 is 0. The summed E-state index contributed by atoms with van der Waals surface area (Å²) in [4.78, 5) is 13.8. The highest BCUT2D eigenvalue weighted by molar-refractivity contribution is 5.87. The van der Waals surface area contributed by atoms with E-state index >= 15 is 0 Å². The van der Waals surface area contributed by atoms with Crippen LogP contribution in [0.4, 0.5) is 5.82 Å². The van der Waals surface area contributed by atoms with Crippen LogP contribution in [0.25, 0.3) is 22.1 Å². The first kappa shape index (κ1) is 20.2. The molecular weight excluding hydrogens is 386 g/mol. The van der Waals surface area contributed by atoms with E-state index in [0.717, 1.165) is 39.7 Å². The molecule has 0 unspecified atom stereocenters. The number of aromatic nitrogens is 2. The molecule has 1 N–H and O–H groups in total. The number of rotatable bonds is 5. The van der Waals surface area contributed by atoms with Gasteiger partial charge in [-0.3, -0.25) is 0 Å². The quantitative estimate of drug-likeness (QED) is 0.654. The minimum Gasteiger partial charge on any atom is -0.444 e. The Bertz CT molecular complexity index is 1030. The summed E-state index contributed by atoms with van der Waals surface area (Å²) in [6.45, 7) is 9.16. The molecule has 0 atom stereocenters. The lowest BCUT2D eigenvalue weighted by Gasteiger charge is -2.41. The molecule has 3 aromatic rings. The summed E-state index contributed by atoms with van der Waals surface area (Å²) in [5.74, 6) is 2.12. The van der Waals surface area contributed by atoms with Gasteiger partial charge in [-0.25, -0.2) is 9.97 Å². The summed E-state index contributed by atoms with van der Waals surface area (Å²) in [5, 5.41) is 5.72. The number of hydrogen-bond donors (Lipinski definition) is 1. The van der Waals surface area contributed by atoms with Crippen LogP contribution in [-0.2, 0) is 0 Å². The Balaban J connectivity index is 1.21. The van der Waals surface area contributed by atoms with Crippen LogP contribution in [0.1, 0.15) is 25.7 Å². The van der Waals surface area contributed by atoms with E-state index in [-0.39, 0.29) is 0 Å². The molecule has 2 saturated heterocycles. The Hall–Kier alpha value is -2.70. The molecule has 0 aliphatic carbocycles. The molecule has 4 heterocycles. The van der Waals surface area contributed by atoms with Crippen LogP contribution in [0.2, 0.25) is 0 Å². The highest BCUT2D eigenvalue weighted by atomic mass is 16.3. The molecule has 0 spiro atoms. The van der Waals surface area contributed by atoms with E-state index in [2.05, 4.69) is 56.9 Å². The van der Waals surface area contributed by atoms with Gasteiger partial charge in [-0.15, -0.1) is 0 Å². The number of fused-ring (bicyclic) bond motifs is 1. The number of anilines is 1. The van der Waals surface area contributed by atoms with Gasteiger partial charge in [-0.05, 0) is 76.4 Å². The molecule has 2 aromatic heterocycles. The van der Waals surface area contributed by atoms with Crippen LogP contribution in [0.15, 0.2) is 59.7 Å². The molecule has 6 nitrogen and oxygen atoms in total. The molecule has 0 saturated carbocycles. The van der Waals surface area contributed by atoms with Gasteiger partial charge in [0, 0.05) is 34.8 Å². The SMILES string of the molecule is C=C(Nc1cc2cc(-c3cnco3)ccc2cn1)C1CCN(C2CCN(C)CC2)CC1. The number of nitrogens with one attached hydrogen (secondary N) is 1. The maximum Gasteiger partial charge on any atom is 0.181 e. The number of allylic oxidation sites excluding steroid dienone is 1. The highest BCUT2D eigenvalue weighted by Gasteiger charge is 2.28. The number of likely N-dealkylation sites (tertiary alicyclic amines) is 2. The Kier molecular flexibility index (Phi) is 5.74. The normalized spacial score (nSPS) is 19.6. The van der Waals surface area contributed by atoms with Crippen LogP contribution in [-0.4, -0.2) is 59.0 Å². The lowest BCUT2D eigenvalue weighted by Crippen LogP contribution is -2.47. The minimum atomic E-state index is 0.500. The largest absolute Gasteiger partial charge is 0.444 e. The van der Waals surface area contributed by atoms with Crippen molar-refractivity contribution in [3.8, 4) is 11.3 Å². The van der Waals surface area contributed by atoms with E-state index < -0.39 is 0 Å². The highest BCUT2D eigenvalue weighted by Crippen LogP contribution is 2.29. The van der Waals surface area contributed by atoms with Gasteiger partial charge in [0.2, 0.25) is 0 Å². The molecule has 1 aromatic carbocycles. The van der Waals surface area contributed by atoms with E-state index in [1.807, 2.05) is 12.3 Å². The number of hydrogen-bond acceptors (Lipinski definition) is 6. The molecule has 2 aliphatic rings. The van der Waals surface area contributed by atoms with Crippen molar-refractivity contribution in [1.29, 1.82) is 0 Å². The van der Waals surface area contributed by atoms with Crippen molar-refractivity contribution < 1.29 is 4.42 Å². The number of pyridine rings is 1. The molecule has 0 amide bonds. The van der Waals surface area contributed by atoms with E-state index in [1.54, 1.807) is 6.20 Å². The molecule has 2 fully saturated rings. The standard InChI is InChI=1S/C25H31N5O/c1-18(19-5-11-30(12-6-19)23-7-9-29(2)10-8-23)28-25-14-22-13-20(24-16-26-17-31-24)3-4-21(22)15-27-25/h3-4,13-17,19,23H,1,5-12H2,2H3,(H,27,28). The topological polar surface area (TPSA) is 57.4 Å². The second-order valence-corrected chi connectivity index (χ2v) is 8.99. The molecule has 0 bridgehead atoms. The third kappa shape index (κ3) is 4.50. The summed E-state index contributed by atoms with van der Waals surface area (Å²) in [6.07, 6.45) is 10.1. The van der Waals surface area contributed by atoms with Gasteiger partial charge >= 0.3 is 0 Å². The van der Waals surface area contributed by atoms with Gasteiger partial charge in [0.15, 0.2) is 12.2 Å². The van der Waals surface area contributed by atoms with E-state index in [9.17, 15) is 0 Å². The summed E-state index contributed by atoms with van der Waals surface area (Å²) < 4.78 is 5.44. The zero-order valence-electron chi connectivity index (χ0n) is 18.3. The second kappa shape index (κ2) is 8.81. The molecular formula is C25H31N5O. The summed E-state index contributed by atoms with van der Waals surface area (Å²) in [7, 11) is 2.23. The number of piperidine rings is 2. The summed E-state index contributed by atoms with van der Waals surface area (Å²) in [6, 6.07) is 9.07. The maximum atomic E-state index is 5.44. The Morgan fingerprint density at radius 1 is 1.03 bits per heavy atom. The van der Waals surface area contributed by atoms with Crippen molar-refractivity contribution in [2.45, 2.75) is 31.7 Å². The van der Waals surface area contributed by atoms with Crippen LogP contribution >= 0.6 is 0 Å². The van der Waals surface area contributed by atoms with Crippen molar-refractivity contribution in [1.82, 2.24) is 19.8 Å². The van der Waals surface area contributed by atoms with Gasteiger partial charge in [0.05, 0.1) is 6.20 Å². The molecule has 31 heavy (non-hydrogen) atoms. The van der Waals surface area contributed by atoms with Crippen molar-refractivity contribution >= 4 is 16.6 Å². The molecule has 5 rings (SSSR count). The Morgan fingerprint density at radius 3 is 2.58 bits per heavy atom. The zero-order valence-corrected chi connectivity index (χ0v) is 18.3. The Labute approximate surface area is 184 Å². The average Bonchev–Trinajstić information content (AvgIpc) is 3.34. The van der Waals surface area contributed by atoms with Gasteiger partial charge in [-0.2, -0.15) is 0 Å². The average molecular weight is 418 g/mol. The Morgan fingerprint density at radius 2 is 1.84 bits per heavy atom. The van der Waals surface area contributed by atoms with Gasteiger partial charge < -0.3 is 19.5 Å². The van der Waals surface area contributed by atoms with Gasteiger partial charge in [0.1, 0.15) is 5.82 Å². The molecule has 6 heteroatoms. The first-order chi connectivity index (χ1) is 15.2. The molecule has 0 radical (unpaired) electrons. The molecule has 162 valence electrons. The van der Waals surface area contributed by atoms with Gasteiger partial charge in [-0.1, -0.05) is 18.7 Å². The fourth-order valence-corrected chi connectivity index (χ4v) is 4.96. The monoisotopic (exact) mass is 417 g/mol. The van der Waals surface area contributed by atoms with Crippen molar-refractivity contribution in [2.24, 2.45) is 5.92 Å².